The lowest BCUT2D eigenvalue weighted by Gasteiger charge is -2.06. The Balaban J connectivity index is 1.43. The summed E-state index contributed by atoms with van der Waals surface area (Å²) in [4.78, 5) is 12.5. The topological polar surface area (TPSA) is 46.9 Å². The number of anilines is 1. The average Bonchev–Trinajstić information content (AvgIpc) is 3.17. The summed E-state index contributed by atoms with van der Waals surface area (Å²) < 4.78 is 1.83. The second-order valence-corrected chi connectivity index (χ2v) is 6.75. The van der Waals surface area contributed by atoms with Gasteiger partial charge in [-0.2, -0.15) is 5.10 Å². The lowest BCUT2D eigenvalue weighted by molar-refractivity contribution is 0.102. The lowest BCUT2D eigenvalue weighted by atomic mass is 10.0. The van der Waals surface area contributed by atoms with Crippen molar-refractivity contribution < 1.29 is 4.79 Å². The van der Waals surface area contributed by atoms with Gasteiger partial charge in [-0.3, -0.25) is 9.48 Å². The monoisotopic (exact) mass is 367 g/mol. The van der Waals surface area contributed by atoms with Gasteiger partial charge in [-0.15, -0.1) is 0 Å². The summed E-state index contributed by atoms with van der Waals surface area (Å²) in [5.74, 6) is -0.143. The minimum atomic E-state index is -0.143. The molecule has 4 nitrogen and oxygen atoms in total. The van der Waals surface area contributed by atoms with Gasteiger partial charge in [-0.1, -0.05) is 66.7 Å². The van der Waals surface area contributed by atoms with E-state index in [0.717, 1.165) is 11.1 Å². The zero-order chi connectivity index (χ0) is 19.3. The Hall–Kier alpha value is -3.66. The molecule has 3 aromatic carbocycles. The molecule has 4 rings (SSSR count). The Bertz CT molecular complexity index is 1080. The number of rotatable bonds is 5. The first kappa shape index (κ1) is 17.7. The van der Waals surface area contributed by atoms with Gasteiger partial charge in [0, 0.05) is 11.8 Å². The van der Waals surface area contributed by atoms with Crippen LogP contribution in [0.3, 0.4) is 0 Å². The van der Waals surface area contributed by atoms with E-state index in [1.807, 2.05) is 65.5 Å². The van der Waals surface area contributed by atoms with Crippen LogP contribution < -0.4 is 5.32 Å². The van der Waals surface area contributed by atoms with E-state index in [0.29, 0.717) is 17.8 Å². The van der Waals surface area contributed by atoms with E-state index < -0.39 is 0 Å². The second-order valence-electron chi connectivity index (χ2n) is 6.75. The molecule has 1 N–H and O–H groups in total. The molecule has 1 heterocycles. The number of nitrogens with one attached hydrogen (secondary N) is 1. The van der Waals surface area contributed by atoms with Crippen LogP contribution in [0.4, 0.5) is 5.69 Å². The molecule has 0 unspecified atom stereocenters. The largest absolute Gasteiger partial charge is 0.319 e. The first-order valence-electron chi connectivity index (χ1n) is 9.23. The highest BCUT2D eigenvalue weighted by molar-refractivity contribution is 6.04. The van der Waals surface area contributed by atoms with Crippen LogP contribution in [0.2, 0.25) is 0 Å². The standard InChI is InChI=1S/C24H21N3O/c1-18-7-5-6-10-22(18)16-27-17-23(15-25-27)26-24(28)21-13-11-20(12-14-21)19-8-3-2-4-9-19/h2-15,17H,16H2,1H3,(H,26,28). The van der Waals surface area contributed by atoms with Crippen LogP contribution >= 0.6 is 0 Å². The van der Waals surface area contributed by atoms with Gasteiger partial charge < -0.3 is 5.32 Å². The van der Waals surface area contributed by atoms with Crippen LogP contribution in [0.25, 0.3) is 11.1 Å². The number of aromatic nitrogens is 2. The number of hydrogen-bond donors (Lipinski definition) is 1. The number of nitrogens with zero attached hydrogens (tertiary/aromatic N) is 2. The van der Waals surface area contributed by atoms with Crippen molar-refractivity contribution in [3.05, 3.63) is 108 Å². The maximum absolute atomic E-state index is 12.5. The van der Waals surface area contributed by atoms with Crippen LogP contribution in [0, 0.1) is 6.92 Å². The van der Waals surface area contributed by atoms with Crippen molar-refractivity contribution in [3.63, 3.8) is 0 Å². The zero-order valence-corrected chi connectivity index (χ0v) is 15.7. The van der Waals surface area contributed by atoms with E-state index in [1.165, 1.54) is 11.1 Å². The van der Waals surface area contributed by atoms with Gasteiger partial charge in [-0.05, 0) is 41.3 Å². The number of hydrogen-bond acceptors (Lipinski definition) is 2. The highest BCUT2D eigenvalue weighted by Crippen LogP contribution is 2.20. The maximum atomic E-state index is 12.5. The van der Waals surface area contributed by atoms with Crippen molar-refractivity contribution in [1.29, 1.82) is 0 Å². The SMILES string of the molecule is Cc1ccccc1Cn1cc(NC(=O)c2ccc(-c3ccccc3)cc2)cn1. The molecule has 0 saturated heterocycles. The highest BCUT2D eigenvalue weighted by atomic mass is 16.1. The molecule has 4 aromatic rings. The predicted octanol–water partition coefficient (Wildman–Crippen LogP) is 5.16. The van der Waals surface area contributed by atoms with Crippen LogP contribution in [-0.2, 0) is 6.54 Å². The van der Waals surface area contributed by atoms with Crippen molar-refractivity contribution in [2.24, 2.45) is 0 Å². The number of carbonyl (C=O) groups is 1. The summed E-state index contributed by atoms with van der Waals surface area (Å²) in [7, 11) is 0. The summed E-state index contributed by atoms with van der Waals surface area (Å²) >= 11 is 0. The van der Waals surface area contributed by atoms with Crippen LogP contribution in [0.5, 0.6) is 0 Å². The lowest BCUT2D eigenvalue weighted by Crippen LogP contribution is -2.11. The predicted molar refractivity (Wildman–Crippen MR) is 112 cm³/mol. The van der Waals surface area contributed by atoms with E-state index >= 15 is 0 Å². The van der Waals surface area contributed by atoms with Crippen molar-refractivity contribution in [2.45, 2.75) is 13.5 Å². The van der Waals surface area contributed by atoms with Crippen LogP contribution in [-0.4, -0.2) is 15.7 Å². The van der Waals surface area contributed by atoms with E-state index in [4.69, 9.17) is 0 Å². The molecule has 4 heteroatoms. The Morgan fingerprint density at radius 1 is 0.893 bits per heavy atom. The first-order chi connectivity index (χ1) is 13.7. The molecule has 0 radical (unpaired) electrons. The Kier molecular flexibility index (Phi) is 5.02. The third-order valence-corrected chi connectivity index (χ3v) is 4.74. The molecule has 138 valence electrons. The van der Waals surface area contributed by atoms with E-state index in [2.05, 4.69) is 41.6 Å². The number of aryl methyl sites for hydroxylation is 1. The van der Waals surface area contributed by atoms with Crippen molar-refractivity contribution in [3.8, 4) is 11.1 Å². The highest BCUT2D eigenvalue weighted by Gasteiger charge is 2.09. The summed E-state index contributed by atoms with van der Waals surface area (Å²) in [6, 6.07) is 25.9. The zero-order valence-electron chi connectivity index (χ0n) is 15.7. The van der Waals surface area contributed by atoms with Gasteiger partial charge in [0.15, 0.2) is 0 Å². The molecule has 0 spiro atoms. The van der Waals surface area contributed by atoms with Gasteiger partial charge in [0.25, 0.3) is 5.91 Å². The molecule has 28 heavy (non-hydrogen) atoms. The van der Waals surface area contributed by atoms with Crippen LogP contribution in [0.15, 0.2) is 91.3 Å². The quantitative estimate of drug-likeness (QED) is 0.530. The molecule has 0 fully saturated rings. The summed E-state index contributed by atoms with van der Waals surface area (Å²) in [5.41, 5.74) is 5.95. The Labute approximate surface area is 164 Å². The summed E-state index contributed by atoms with van der Waals surface area (Å²) in [6.07, 6.45) is 3.52. The smallest absolute Gasteiger partial charge is 0.255 e. The molecule has 0 aliphatic heterocycles. The van der Waals surface area contributed by atoms with E-state index in [1.54, 1.807) is 6.20 Å². The number of amides is 1. The molecule has 0 bridgehead atoms. The van der Waals surface area contributed by atoms with Crippen molar-refractivity contribution in [1.82, 2.24) is 9.78 Å². The average molecular weight is 367 g/mol. The minimum Gasteiger partial charge on any atom is -0.319 e. The summed E-state index contributed by atoms with van der Waals surface area (Å²) in [6.45, 7) is 2.76. The molecular formula is C24H21N3O. The van der Waals surface area contributed by atoms with Crippen molar-refractivity contribution in [2.75, 3.05) is 5.32 Å². The van der Waals surface area contributed by atoms with Gasteiger partial charge in [0.1, 0.15) is 0 Å². The number of benzene rings is 3. The third kappa shape index (κ3) is 4.01. The van der Waals surface area contributed by atoms with Crippen LogP contribution in [0.1, 0.15) is 21.5 Å². The Morgan fingerprint density at radius 2 is 1.57 bits per heavy atom. The fourth-order valence-electron chi connectivity index (χ4n) is 3.12. The molecule has 0 atom stereocenters. The fourth-order valence-corrected chi connectivity index (χ4v) is 3.12. The molecule has 0 saturated carbocycles. The molecule has 0 aliphatic rings. The normalized spacial score (nSPS) is 10.6. The van der Waals surface area contributed by atoms with Gasteiger partial charge in [0.05, 0.1) is 18.4 Å². The summed E-state index contributed by atoms with van der Waals surface area (Å²) in [5, 5.41) is 7.27. The second kappa shape index (κ2) is 7.92. The van der Waals surface area contributed by atoms with E-state index in [9.17, 15) is 4.79 Å². The Morgan fingerprint density at radius 3 is 2.32 bits per heavy atom. The van der Waals surface area contributed by atoms with E-state index in [-0.39, 0.29) is 5.91 Å². The first-order valence-corrected chi connectivity index (χ1v) is 9.23. The molecular weight excluding hydrogens is 346 g/mol. The van der Waals surface area contributed by atoms with Gasteiger partial charge in [0.2, 0.25) is 0 Å². The minimum absolute atomic E-state index is 0.143. The third-order valence-electron chi connectivity index (χ3n) is 4.74. The number of carbonyl (C=O) groups excluding carboxylic acids is 1. The molecule has 1 aromatic heterocycles. The molecule has 0 aliphatic carbocycles. The maximum Gasteiger partial charge on any atom is 0.255 e. The van der Waals surface area contributed by atoms with Gasteiger partial charge in [-0.25, -0.2) is 0 Å². The molecule has 1 amide bonds. The fraction of sp³-hybridized carbons (Fsp3) is 0.0833. The van der Waals surface area contributed by atoms with Crippen molar-refractivity contribution >= 4 is 11.6 Å². The van der Waals surface area contributed by atoms with Gasteiger partial charge >= 0.3 is 0 Å².